The van der Waals surface area contributed by atoms with E-state index in [1.54, 1.807) is 0 Å². The van der Waals surface area contributed by atoms with E-state index in [1.807, 2.05) is 24.3 Å². The molecule has 0 radical (unpaired) electrons. The molecule has 0 aliphatic carbocycles. The highest BCUT2D eigenvalue weighted by Gasteiger charge is 2.28. The maximum atomic E-state index is 11.6. The number of benzene rings is 1. The second-order valence-corrected chi connectivity index (χ2v) is 6.30. The third-order valence-electron chi connectivity index (χ3n) is 3.01. The molecule has 22 heavy (non-hydrogen) atoms. The van der Waals surface area contributed by atoms with Gasteiger partial charge >= 0.3 is 11.9 Å². The van der Waals surface area contributed by atoms with Crippen molar-refractivity contribution in [3.05, 3.63) is 29.8 Å². The van der Waals surface area contributed by atoms with Crippen LogP contribution < -0.4 is 4.74 Å². The zero-order valence-electron chi connectivity index (χ0n) is 13.8. The Bertz CT molecular complexity index is 483. The lowest BCUT2D eigenvalue weighted by molar-refractivity contribution is -0.158. The lowest BCUT2D eigenvalue weighted by Crippen LogP contribution is -2.28. The van der Waals surface area contributed by atoms with Crippen molar-refractivity contribution < 1.29 is 23.8 Å². The van der Waals surface area contributed by atoms with Crippen LogP contribution in [0, 0.1) is 11.3 Å². The predicted octanol–water partition coefficient (Wildman–Crippen LogP) is 2.62. The van der Waals surface area contributed by atoms with Gasteiger partial charge in [0.05, 0.1) is 20.8 Å². The molecular formula is C17H24O5. The first-order valence-electron chi connectivity index (χ1n) is 7.14. The Hall–Kier alpha value is -2.04. The minimum Gasteiger partial charge on any atom is -0.493 e. The predicted molar refractivity (Wildman–Crippen MR) is 82.6 cm³/mol. The summed E-state index contributed by atoms with van der Waals surface area (Å²) in [5.74, 6) is -1.39. The van der Waals surface area contributed by atoms with Gasteiger partial charge < -0.3 is 14.2 Å². The Kier molecular flexibility index (Phi) is 6.40. The third kappa shape index (κ3) is 5.76. The maximum absolute atomic E-state index is 11.6. The van der Waals surface area contributed by atoms with Crippen LogP contribution >= 0.6 is 0 Å². The van der Waals surface area contributed by atoms with Crippen LogP contribution in [0.15, 0.2) is 24.3 Å². The number of methoxy groups -OCH3 is 2. The van der Waals surface area contributed by atoms with Gasteiger partial charge in [0.15, 0.2) is 5.92 Å². The molecule has 5 heteroatoms. The fourth-order valence-corrected chi connectivity index (χ4v) is 1.80. The second-order valence-electron chi connectivity index (χ2n) is 6.30. The highest BCUT2D eigenvalue weighted by molar-refractivity contribution is 5.95. The number of carbonyl (C=O) groups excluding carboxylic acids is 2. The number of ether oxygens (including phenoxy) is 3. The Morgan fingerprint density at radius 3 is 1.91 bits per heavy atom. The molecule has 0 heterocycles. The Balaban J connectivity index is 2.72. The third-order valence-corrected chi connectivity index (χ3v) is 3.01. The molecule has 0 aliphatic heterocycles. The summed E-state index contributed by atoms with van der Waals surface area (Å²) < 4.78 is 15.0. The summed E-state index contributed by atoms with van der Waals surface area (Å²) in [4.78, 5) is 23.3. The average Bonchev–Trinajstić information content (AvgIpc) is 2.49. The second kappa shape index (κ2) is 7.82. The molecule has 0 saturated carbocycles. The van der Waals surface area contributed by atoms with Crippen LogP contribution in [0.25, 0.3) is 0 Å². The summed E-state index contributed by atoms with van der Waals surface area (Å²) in [5, 5.41) is 0. The van der Waals surface area contributed by atoms with Crippen molar-refractivity contribution in [1.82, 2.24) is 0 Å². The van der Waals surface area contributed by atoms with E-state index in [0.29, 0.717) is 6.61 Å². The number of carbonyl (C=O) groups is 2. The van der Waals surface area contributed by atoms with Gasteiger partial charge in [0.25, 0.3) is 0 Å². The van der Waals surface area contributed by atoms with Crippen LogP contribution in [0.4, 0.5) is 0 Å². The van der Waals surface area contributed by atoms with Crippen LogP contribution in [-0.4, -0.2) is 32.8 Å². The SMILES string of the molecule is COC(=O)C(Cc1ccc(OCC(C)(C)C)cc1)C(=O)OC. The van der Waals surface area contributed by atoms with Crippen LogP contribution in [0.5, 0.6) is 5.75 Å². The van der Waals surface area contributed by atoms with Gasteiger partial charge in [-0.05, 0) is 29.5 Å². The van der Waals surface area contributed by atoms with Crippen molar-refractivity contribution in [1.29, 1.82) is 0 Å². The van der Waals surface area contributed by atoms with Gasteiger partial charge in [-0.15, -0.1) is 0 Å². The smallest absolute Gasteiger partial charge is 0.320 e. The standard InChI is InChI=1S/C17H24O5/c1-17(2,3)11-22-13-8-6-12(7-9-13)10-14(15(18)20-4)16(19)21-5/h6-9,14H,10-11H2,1-5H3. The molecular weight excluding hydrogens is 284 g/mol. The highest BCUT2D eigenvalue weighted by Crippen LogP contribution is 2.20. The quantitative estimate of drug-likeness (QED) is 0.597. The molecule has 0 unspecified atom stereocenters. The van der Waals surface area contributed by atoms with E-state index in [2.05, 4.69) is 30.2 Å². The zero-order valence-corrected chi connectivity index (χ0v) is 13.8. The topological polar surface area (TPSA) is 61.8 Å². The summed E-state index contributed by atoms with van der Waals surface area (Å²) in [5.41, 5.74) is 0.920. The lowest BCUT2D eigenvalue weighted by Gasteiger charge is -2.19. The van der Waals surface area contributed by atoms with Gasteiger partial charge in [-0.3, -0.25) is 9.59 Å². The summed E-state index contributed by atoms with van der Waals surface area (Å²) in [6, 6.07) is 7.31. The first-order valence-corrected chi connectivity index (χ1v) is 7.14. The molecule has 0 N–H and O–H groups in total. The van der Waals surface area contributed by atoms with E-state index < -0.39 is 17.9 Å². The zero-order chi connectivity index (χ0) is 16.8. The molecule has 1 aromatic rings. The lowest BCUT2D eigenvalue weighted by atomic mass is 9.98. The fourth-order valence-electron chi connectivity index (χ4n) is 1.80. The van der Waals surface area contributed by atoms with Crippen LogP contribution in [0.2, 0.25) is 0 Å². The summed E-state index contributed by atoms with van der Waals surface area (Å²) in [6.07, 6.45) is 0.235. The van der Waals surface area contributed by atoms with E-state index in [4.69, 9.17) is 4.74 Å². The molecule has 0 spiro atoms. The van der Waals surface area contributed by atoms with E-state index >= 15 is 0 Å². The minimum absolute atomic E-state index is 0.0829. The van der Waals surface area contributed by atoms with Crippen molar-refractivity contribution in [2.75, 3.05) is 20.8 Å². The average molecular weight is 308 g/mol. The van der Waals surface area contributed by atoms with Gasteiger partial charge in [-0.2, -0.15) is 0 Å². The van der Waals surface area contributed by atoms with Crippen molar-refractivity contribution in [2.45, 2.75) is 27.2 Å². The number of rotatable bonds is 6. The molecule has 0 aliphatic rings. The molecule has 0 bridgehead atoms. The Morgan fingerprint density at radius 1 is 1.00 bits per heavy atom. The summed E-state index contributed by atoms with van der Waals surface area (Å²) in [7, 11) is 2.50. The number of esters is 2. The van der Waals surface area contributed by atoms with Crippen molar-refractivity contribution in [2.24, 2.45) is 11.3 Å². The summed E-state index contributed by atoms with van der Waals surface area (Å²) >= 11 is 0. The maximum Gasteiger partial charge on any atom is 0.320 e. The van der Waals surface area contributed by atoms with Gasteiger partial charge in [0.1, 0.15) is 5.75 Å². The van der Waals surface area contributed by atoms with Crippen molar-refractivity contribution in [3.8, 4) is 5.75 Å². The van der Waals surface area contributed by atoms with Gasteiger partial charge in [-0.25, -0.2) is 0 Å². The van der Waals surface area contributed by atoms with Gasteiger partial charge in [0.2, 0.25) is 0 Å². The molecule has 0 fully saturated rings. The summed E-state index contributed by atoms with van der Waals surface area (Å²) in [6.45, 7) is 6.90. The van der Waals surface area contributed by atoms with Crippen molar-refractivity contribution in [3.63, 3.8) is 0 Å². The molecule has 5 nitrogen and oxygen atoms in total. The molecule has 0 atom stereocenters. The van der Waals surface area contributed by atoms with Gasteiger partial charge in [-0.1, -0.05) is 32.9 Å². The molecule has 0 saturated heterocycles. The van der Waals surface area contributed by atoms with Crippen molar-refractivity contribution >= 4 is 11.9 Å². The fraction of sp³-hybridized carbons (Fsp3) is 0.529. The normalized spacial score (nSPS) is 11.2. The molecule has 122 valence electrons. The Labute approximate surface area is 131 Å². The molecule has 0 aromatic heterocycles. The van der Waals surface area contributed by atoms with Crippen LogP contribution in [-0.2, 0) is 25.5 Å². The highest BCUT2D eigenvalue weighted by atomic mass is 16.5. The first-order chi connectivity index (χ1) is 10.3. The van der Waals surface area contributed by atoms with Gasteiger partial charge in [0, 0.05) is 0 Å². The van der Waals surface area contributed by atoms with E-state index in [-0.39, 0.29) is 11.8 Å². The van der Waals surface area contributed by atoms with Crippen LogP contribution in [0.1, 0.15) is 26.3 Å². The Morgan fingerprint density at radius 2 is 1.50 bits per heavy atom. The minimum atomic E-state index is -0.948. The monoisotopic (exact) mass is 308 g/mol. The molecule has 0 amide bonds. The first kappa shape index (κ1) is 18.0. The largest absolute Gasteiger partial charge is 0.493 e. The number of hydrogen-bond donors (Lipinski definition) is 0. The van der Waals surface area contributed by atoms with E-state index in [1.165, 1.54) is 14.2 Å². The molecule has 1 rings (SSSR count). The number of hydrogen-bond acceptors (Lipinski definition) is 5. The van der Waals surface area contributed by atoms with Crippen LogP contribution in [0.3, 0.4) is 0 Å². The van der Waals surface area contributed by atoms with E-state index in [0.717, 1.165) is 11.3 Å². The molecule has 1 aromatic carbocycles. The van der Waals surface area contributed by atoms with E-state index in [9.17, 15) is 9.59 Å².